The van der Waals surface area contributed by atoms with E-state index in [0.717, 1.165) is 6.42 Å². The largest absolute Gasteiger partial charge is 0.478 e. The van der Waals surface area contributed by atoms with E-state index in [9.17, 15) is 9.59 Å². The van der Waals surface area contributed by atoms with Crippen molar-refractivity contribution in [1.82, 2.24) is 5.32 Å². The van der Waals surface area contributed by atoms with E-state index in [1.54, 1.807) is 6.07 Å². The minimum absolute atomic E-state index is 0.163. The number of carboxylic acid groups (broad SMARTS) is 1. The molecule has 0 aliphatic rings. The van der Waals surface area contributed by atoms with Crippen LogP contribution in [0.4, 0.5) is 10.5 Å². The Hall–Kier alpha value is -1.56. The fourth-order valence-electron chi connectivity index (χ4n) is 1.47. The zero-order valence-corrected chi connectivity index (χ0v) is 13.4. The summed E-state index contributed by atoms with van der Waals surface area (Å²) in [5.41, 5.74) is 0.857. The lowest BCUT2D eigenvalue weighted by atomic mass is 9.92. The Morgan fingerprint density at radius 2 is 1.95 bits per heavy atom. The van der Waals surface area contributed by atoms with Gasteiger partial charge in [0.2, 0.25) is 0 Å². The van der Waals surface area contributed by atoms with Crippen LogP contribution in [0.3, 0.4) is 0 Å². The molecule has 0 fully saturated rings. The molecule has 3 N–H and O–H groups in total. The quantitative estimate of drug-likeness (QED) is 0.780. The molecule has 110 valence electrons. The second kappa shape index (κ2) is 6.74. The second-order valence-electron chi connectivity index (χ2n) is 5.69. The number of carboxylic acids is 1. The predicted molar refractivity (Wildman–Crippen MR) is 82.2 cm³/mol. The molecule has 0 bridgehead atoms. The highest BCUT2D eigenvalue weighted by atomic mass is 79.9. The van der Waals surface area contributed by atoms with Crippen molar-refractivity contribution in [2.75, 3.05) is 11.9 Å². The van der Waals surface area contributed by atoms with Crippen LogP contribution in [-0.2, 0) is 0 Å². The van der Waals surface area contributed by atoms with Crippen LogP contribution >= 0.6 is 15.9 Å². The lowest BCUT2D eigenvalue weighted by Gasteiger charge is -2.18. The summed E-state index contributed by atoms with van der Waals surface area (Å²) in [4.78, 5) is 22.5. The Labute approximate surface area is 126 Å². The summed E-state index contributed by atoms with van der Waals surface area (Å²) in [7, 11) is 0. The number of hydrogen-bond donors (Lipinski definition) is 3. The van der Waals surface area contributed by atoms with Gasteiger partial charge in [0.05, 0.1) is 11.3 Å². The summed E-state index contributed by atoms with van der Waals surface area (Å²) in [6, 6.07) is 4.14. The summed E-state index contributed by atoms with van der Waals surface area (Å²) < 4.78 is 0.531. The van der Waals surface area contributed by atoms with Crippen molar-refractivity contribution in [3.8, 4) is 0 Å². The van der Waals surface area contributed by atoms with Crippen molar-refractivity contribution >= 4 is 33.6 Å². The van der Waals surface area contributed by atoms with Gasteiger partial charge in [0, 0.05) is 11.0 Å². The average Bonchev–Trinajstić information content (AvgIpc) is 2.29. The van der Waals surface area contributed by atoms with Crippen molar-refractivity contribution in [2.45, 2.75) is 27.2 Å². The standard InChI is InChI=1S/C14H19BrN2O3/c1-14(2,3)6-7-16-13(20)17-11-5-4-9(12(18)19)8-10(11)15/h4-5,8H,6-7H2,1-3H3,(H,18,19)(H2,16,17,20). The van der Waals surface area contributed by atoms with Crippen LogP contribution in [0.25, 0.3) is 0 Å². The maximum atomic E-state index is 11.7. The third kappa shape index (κ3) is 5.61. The van der Waals surface area contributed by atoms with Crippen molar-refractivity contribution in [2.24, 2.45) is 5.41 Å². The van der Waals surface area contributed by atoms with E-state index < -0.39 is 5.97 Å². The van der Waals surface area contributed by atoms with Crippen LogP contribution in [0.5, 0.6) is 0 Å². The molecule has 1 rings (SSSR count). The third-order valence-corrected chi connectivity index (χ3v) is 3.28. The molecule has 1 aromatic rings. The first-order chi connectivity index (χ1) is 9.19. The van der Waals surface area contributed by atoms with Crippen LogP contribution in [-0.4, -0.2) is 23.7 Å². The molecular formula is C14H19BrN2O3. The number of carbonyl (C=O) groups is 2. The number of amides is 2. The zero-order chi connectivity index (χ0) is 15.3. The van der Waals surface area contributed by atoms with Gasteiger partial charge < -0.3 is 15.7 Å². The van der Waals surface area contributed by atoms with Gasteiger partial charge in [0.25, 0.3) is 0 Å². The van der Waals surface area contributed by atoms with Gasteiger partial charge in [0.15, 0.2) is 0 Å². The van der Waals surface area contributed by atoms with E-state index in [4.69, 9.17) is 5.11 Å². The van der Waals surface area contributed by atoms with E-state index in [1.807, 2.05) is 0 Å². The maximum absolute atomic E-state index is 11.7. The number of aromatic carboxylic acids is 1. The fourth-order valence-corrected chi connectivity index (χ4v) is 1.94. The molecule has 20 heavy (non-hydrogen) atoms. The highest BCUT2D eigenvalue weighted by Gasteiger charge is 2.12. The van der Waals surface area contributed by atoms with E-state index in [-0.39, 0.29) is 17.0 Å². The van der Waals surface area contributed by atoms with E-state index in [2.05, 4.69) is 47.3 Å². The summed E-state index contributed by atoms with van der Waals surface area (Å²) in [5, 5.41) is 14.3. The Bertz CT molecular complexity index is 510. The SMILES string of the molecule is CC(C)(C)CCNC(=O)Nc1ccc(C(=O)O)cc1Br. The molecule has 0 radical (unpaired) electrons. The topological polar surface area (TPSA) is 78.4 Å². The molecule has 0 saturated carbocycles. The first kappa shape index (κ1) is 16.5. The average molecular weight is 343 g/mol. The van der Waals surface area contributed by atoms with E-state index >= 15 is 0 Å². The number of halogens is 1. The van der Waals surface area contributed by atoms with Gasteiger partial charge in [0.1, 0.15) is 0 Å². The highest BCUT2D eigenvalue weighted by molar-refractivity contribution is 9.10. The molecule has 5 nitrogen and oxygen atoms in total. The number of rotatable bonds is 4. The predicted octanol–water partition coefficient (Wildman–Crippen LogP) is 3.71. The molecule has 0 heterocycles. The normalized spacial score (nSPS) is 11.0. The van der Waals surface area contributed by atoms with Gasteiger partial charge in [-0.1, -0.05) is 20.8 Å². The number of nitrogens with one attached hydrogen (secondary N) is 2. The van der Waals surface area contributed by atoms with Crippen LogP contribution in [0.1, 0.15) is 37.6 Å². The molecule has 0 aliphatic carbocycles. The summed E-state index contributed by atoms with van der Waals surface area (Å²) in [6.07, 6.45) is 0.875. The molecule has 2 amide bonds. The summed E-state index contributed by atoms with van der Waals surface area (Å²) >= 11 is 3.24. The summed E-state index contributed by atoms with van der Waals surface area (Å²) in [6.45, 7) is 6.90. The molecular weight excluding hydrogens is 324 g/mol. The van der Waals surface area contributed by atoms with Crippen LogP contribution < -0.4 is 10.6 Å². The number of benzene rings is 1. The number of anilines is 1. The van der Waals surface area contributed by atoms with Crippen molar-refractivity contribution in [3.05, 3.63) is 28.2 Å². The molecule has 0 spiro atoms. The summed E-state index contributed by atoms with van der Waals surface area (Å²) in [5.74, 6) is -1.01. The Morgan fingerprint density at radius 1 is 1.30 bits per heavy atom. The highest BCUT2D eigenvalue weighted by Crippen LogP contribution is 2.23. The molecule has 0 aliphatic heterocycles. The molecule has 0 unspecified atom stereocenters. The van der Waals surface area contributed by atoms with Crippen LogP contribution in [0.15, 0.2) is 22.7 Å². The van der Waals surface area contributed by atoms with Gasteiger partial charge in [-0.05, 0) is 46.0 Å². The van der Waals surface area contributed by atoms with Gasteiger partial charge >= 0.3 is 12.0 Å². The van der Waals surface area contributed by atoms with Gasteiger partial charge in [-0.25, -0.2) is 9.59 Å². The number of carbonyl (C=O) groups excluding carboxylic acids is 1. The Morgan fingerprint density at radius 3 is 2.45 bits per heavy atom. The lowest BCUT2D eigenvalue weighted by molar-refractivity contribution is 0.0697. The van der Waals surface area contributed by atoms with Crippen LogP contribution in [0.2, 0.25) is 0 Å². The Balaban J connectivity index is 2.56. The van der Waals surface area contributed by atoms with Gasteiger partial charge in [-0.15, -0.1) is 0 Å². The minimum atomic E-state index is -1.01. The number of hydrogen-bond acceptors (Lipinski definition) is 2. The van der Waals surface area contributed by atoms with Gasteiger partial charge in [-0.2, -0.15) is 0 Å². The molecule has 0 atom stereocenters. The van der Waals surface area contributed by atoms with E-state index in [0.29, 0.717) is 16.7 Å². The smallest absolute Gasteiger partial charge is 0.335 e. The molecule has 1 aromatic carbocycles. The first-order valence-corrected chi connectivity index (χ1v) is 7.06. The van der Waals surface area contributed by atoms with Crippen molar-refractivity contribution < 1.29 is 14.7 Å². The molecule has 0 aromatic heterocycles. The number of urea groups is 1. The molecule has 6 heteroatoms. The van der Waals surface area contributed by atoms with Crippen molar-refractivity contribution in [3.63, 3.8) is 0 Å². The Kier molecular flexibility index (Phi) is 5.56. The second-order valence-corrected chi connectivity index (χ2v) is 6.55. The zero-order valence-electron chi connectivity index (χ0n) is 11.8. The van der Waals surface area contributed by atoms with Crippen LogP contribution in [0, 0.1) is 5.41 Å². The van der Waals surface area contributed by atoms with Crippen molar-refractivity contribution in [1.29, 1.82) is 0 Å². The maximum Gasteiger partial charge on any atom is 0.335 e. The minimum Gasteiger partial charge on any atom is -0.478 e. The lowest BCUT2D eigenvalue weighted by Crippen LogP contribution is -2.31. The molecule has 0 saturated heterocycles. The monoisotopic (exact) mass is 342 g/mol. The first-order valence-electron chi connectivity index (χ1n) is 6.27. The fraction of sp³-hybridized carbons (Fsp3) is 0.429. The van der Waals surface area contributed by atoms with E-state index in [1.165, 1.54) is 12.1 Å². The third-order valence-electron chi connectivity index (χ3n) is 2.62. The van der Waals surface area contributed by atoms with Gasteiger partial charge in [-0.3, -0.25) is 0 Å².